The lowest BCUT2D eigenvalue weighted by atomic mass is 10.2. The highest BCUT2D eigenvalue weighted by atomic mass is 16.5. The zero-order chi connectivity index (χ0) is 13.1. The summed E-state index contributed by atoms with van der Waals surface area (Å²) in [5, 5.41) is 3.21. The number of hydrogen-bond acceptors (Lipinski definition) is 4. The lowest BCUT2D eigenvalue weighted by molar-refractivity contribution is 0.416. The van der Waals surface area contributed by atoms with E-state index in [4.69, 9.17) is 10.5 Å². The van der Waals surface area contributed by atoms with Crippen molar-refractivity contribution in [2.45, 2.75) is 13.8 Å². The Hall–Kier alpha value is -2.23. The van der Waals surface area contributed by atoms with Crippen LogP contribution in [-0.4, -0.2) is 12.1 Å². The fourth-order valence-corrected chi connectivity index (χ4v) is 1.71. The first-order valence-corrected chi connectivity index (χ1v) is 5.75. The summed E-state index contributed by atoms with van der Waals surface area (Å²) in [6.07, 6.45) is 0. The zero-order valence-electron chi connectivity index (χ0n) is 10.8. The minimum Gasteiger partial charge on any atom is -0.495 e. The maximum atomic E-state index is 5.90. The molecular formula is C14H17N3O. The number of nitrogens with two attached hydrogens (primary N) is 1. The van der Waals surface area contributed by atoms with Gasteiger partial charge in [-0.25, -0.2) is 4.98 Å². The molecule has 0 amide bonds. The van der Waals surface area contributed by atoms with Gasteiger partial charge in [-0.2, -0.15) is 0 Å². The monoisotopic (exact) mass is 243 g/mol. The molecule has 2 aromatic rings. The van der Waals surface area contributed by atoms with Gasteiger partial charge in [0.15, 0.2) is 5.82 Å². The molecule has 0 aliphatic carbocycles. The van der Waals surface area contributed by atoms with Crippen LogP contribution in [-0.2, 0) is 0 Å². The molecular weight excluding hydrogens is 226 g/mol. The predicted octanol–water partition coefficient (Wildman–Crippen LogP) is 3.03. The highest BCUT2D eigenvalue weighted by molar-refractivity contribution is 5.72. The highest BCUT2D eigenvalue weighted by Crippen LogP contribution is 2.29. The summed E-state index contributed by atoms with van der Waals surface area (Å²) in [6.45, 7) is 3.95. The van der Waals surface area contributed by atoms with Crippen LogP contribution in [0.1, 0.15) is 11.3 Å². The van der Waals surface area contributed by atoms with Crippen LogP contribution in [0.5, 0.6) is 5.75 Å². The van der Waals surface area contributed by atoms with E-state index in [1.165, 1.54) is 0 Å². The molecule has 1 aromatic carbocycles. The van der Waals surface area contributed by atoms with Crippen LogP contribution in [0.15, 0.2) is 30.3 Å². The van der Waals surface area contributed by atoms with Gasteiger partial charge in [0.1, 0.15) is 5.75 Å². The number of hydrogen-bond donors (Lipinski definition) is 2. The van der Waals surface area contributed by atoms with Gasteiger partial charge in [-0.1, -0.05) is 6.07 Å². The number of ether oxygens (including phenoxy) is 1. The van der Waals surface area contributed by atoms with Gasteiger partial charge in [0.05, 0.1) is 18.5 Å². The van der Waals surface area contributed by atoms with Crippen LogP contribution in [0.25, 0.3) is 0 Å². The number of benzene rings is 1. The van der Waals surface area contributed by atoms with E-state index in [0.717, 1.165) is 22.7 Å². The number of pyridine rings is 1. The third kappa shape index (κ3) is 2.53. The average Bonchev–Trinajstić information content (AvgIpc) is 2.34. The smallest absolute Gasteiger partial charge is 0.153 e. The Balaban J connectivity index is 2.38. The van der Waals surface area contributed by atoms with Crippen LogP contribution in [0.4, 0.5) is 17.2 Å². The number of rotatable bonds is 3. The van der Waals surface area contributed by atoms with E-state index < -0.39 is 0 Å². The van der Waals surface area contributed by atoms with Gasteiger partial charge >= 0.3 is 0 Å². The molecule has 0 saturated carbocycles. The van der Waals surface area contributed by atoms with Crippen LogP contribution in [0.2, 0.25) is 0 Å². The van der Waals surface area contributed by atoms with Crippen LogP contribution < -0.4 is 15.8 Å². The molecule has 0 saturated heterocycles. The molecule has 4 nitrogen and oxygen atoms in total. The highest BCUT2D eigenvalue weighted by Gasteiger charge is 2.07. The van der Waals surface area contributed by atoms with E-state index in [-0.39, 0.29) is 0 Å². The summed E-state index contributed by atoms with van der Waals surface area (Å²) in [5.41, 5.74) is 9.44. The molecule has 94 valence electrons. The summed E-state index contributed by atoms with van der Waals surface area (Å²) < 4.78 is 5.31. The Bertz CT molecular complexity index is 567. The molecule has 0 bridgehead atoms. The van der Waals surface area contributed by atoms with Gasteiger partial charge < -0.3 is 15.8 Å². The summed E-state index contributed by atoms with van der Waals surface area (Å²) >= 11 is 0. The normalized spacial score (nSPS) is 10.2. The molecule has 1 heterocycles. The molecule has 0 spiro atoms. The van der Waals surface area contributed by atoms with Gasteiger partial charge in [-0.15, -0.1) is 0 Å². The average molecular weight is 243 g/mol. The standard InChI is InChI=1S/C14H17N3O/c1-9-4-7-13(18-3)12(8-9)17-14-11(15)6-5-10(2)16-14/h4-8H,15H2,1-3H3,(H,16,17). The molecule has 0 fully saturated rings. The van der Waals surface area contributed by atoms with E-state index in [2.05, 4.69) is 10.3 Å². The van der Waals surface area contributed by atoms with E-state index in [1.807, 2.05) is 44.2 Å². The van der Waals surface area contributed by atoms with Gasteiger partial charge in [-0.3, -0.25) is 0 Å². The van der Waals surface area contributed by atoms with Gasteiger partial charge in [0, 0.05) is 5.69 Å². The van der Waals surface area contributed by atoms with Crippen LogP contribution in [0.3, 0.4) is 0 Å². The maximum absolute atomic E-state index is 5.90. The first-order chi connectivity index (χ1) is 8.60. The summed E-state index contributed by atoms with van der Waals surface area (Å²) in [4.78, 5) is 4.38. The number of nitrogens with one attached hydrogen (secondary N) is 1. The molecule has 0 radical (unpaired) electrons. The molecule has 4 heteroatoms. The summed E-state index contributed by atoms with van der Waals surface area (Å²) in [7, 11) is 1.64. The first kappa shape index (κ1) is 12.2. The molecule has 0 unspecified atom stereocenters. The van der Waals surface area contributed by atoms with Crippen molar-refractivity contribution in [3.8, 4) is 5.75 Å². The summed E-state index contributed by atoms with van der Waals surface area (Å²) in [5.74, 6) is 1.42. The number of nitrogens with zero attached hydrogens (tertiary/aromatic N) is 1. The minimum absolute atomic E-state index is 0.615. The van der Waals surface area contributed by atoms with Gasteiger partial charge in [-0.05, 0) is 43.7 Å². The van der Waals surface area contributed by atoms with Crippen molar-refractivity contribution < 1.29 is 4.74 Å². The fraction of sp³-hybridized carbons (Fsp3) is 0.214. The van der Waals surface area contributed by atoms with E-state index in [9.17, 15) is 0 Å². The molecule has 2 rings (SSSR count). The Kier molecular flexibility index (Phi) is 3.37. The Morgan fingerprint density at radius 1 is 1.17 bits per heavy atom. The first-order valence-electron chi connectivity index (χ1n) is 5.75. The number of anilines is 3. The third-order valence-electron chi connectivity index (χ3n) is 2.67. The quantitative estimate of drug-likeness (QED) is 0.869. The largest absolute Gasteiger partial charge is 0.495 e. The molecule has 1 aromatic heterocycles. The van der Waals surface area contributed by atoms with Crippen molar-refractivity contribution in [2.75, 3.05) is 18.2 Å². The van der Waals surface area contributed by atoms with Crippen molar-refractivity contribution in [3.05, 3.63) is 41.6 Å². The van der Waals surface area contributed by atoms with Gasteiger partial charge in [0.2, 0.25) is 0 Å². The predicted molar refractivity (Wildman–Crippen MR) is 74.4 cm³/mol. The lowest BCUT2D eigenvalue weighted by Crippen LogP contribution is -2.01. The Morgan fingerprint density at radius 3 is 2.67 bits per heavy atom. The summed E-state index contributed by atoms with van der Waals surface area (Å²) in [6, 6.07) is 9.64. The van der Waals surface area contributed by atoms with Crippen molar-refractivity contribution in [1.29, 1.82) is 0 Å². The number of nitrogen functional groups attached to an aromatic ring is 1. The molecule has 18 heavy (non-hydrogen) atoms. The Morgan fingerprint density at radius 2 is 1.94 bits per heavy atom. The maximum Gasteiger partial charge on any atom is 0.153 e. The Labute approximate surface area is 107 Å². The van der Waals surface area contributed by atoms with Crippen molar-refractivity contribution in [2.24, 2.45) is 0 Å². The van der Waals surface area contributed by atoms with Gasteiger partial charge in [0.25, 0.3) is 0 Å². The zero-order valence-corrected chi connectivity index (χ0v) is 10.8. The molecule has 3 N–H and O–H groups in total. The fourth-order valence-electron chi connectivity index (χ4n) is 1.71. The SMILES string of the molecule is COc1ccc(C)cc1Nc1nc(C)ccc1N. The van der Waals surface area contributed by atoms with Crippen molar-refractivity contribution in [3.63, 3.8) is 0 Å². The van der Waals surface area contributed by atoms with Crippen molar-refractivity contribution in [1.82, 2.24) is 4.98 Å². The van der Waals surface area contributed by atoms with Crippen LogP contribution in [0, 0.1) is 13.8 Å². The second kappa shape index (κ2) is 4.96. The van der Waals surface area contributed by atoms with E-state index in [1.54, 1.807) is 7.11 Å². The number of methoxy groups -OCH3 is 1. The van der Waals surface area contributed by atoms with E-state index in [0.29, 0.717) is 11.5 Å². The van der Waals surface area contributed by atoms with Crippen LogP contribution >= 0.6 is 0 Å². The molecule has 0 aliphatic heterocycles. The molecule has 0 atom stereocenters. The number of aromatic nitrogens is 1. The topological polar surface area (TPSA) is 60.2 Å². The lowest BCUT2D eigenvalue weighted by Gasteiger charge is -2.13. The second-order valence-electron chi connectivity index (χ2n) is 4.22. The third-order valence-corrected chi connectivity index (χ3v) is 2.67. The number of aryl methyl sites for hydroxylation is 2. The molecule has 0 aliphatic rings. The van der Waals surface area contributed by atoms with Crippen molar-refractivity contribution >= 4 is 17.2 Å². The second-order valence-corrected chi connectivity index (χ2v) is 4.22. The minimum atomic E-state index is 0.615. The van der Waals surface area contributed by atoms with E-state index >= 15 is 0 Å².